The van der Waals surface area contributed by atoms with Gasteiger partial charge in [0.25, 0.3) is 5.91 Å². The third kappa shape index (κ3) is 4.27. The average molecular weight is 484 g/mol. The van der Waals surface area contributed by atoms with Gasteiger partial charge in [-0.05, 0) is 84.3 Å². The van der Waals surface area contributed by atoms with Crippen LogP contribution in [-0.4, -0.2) is 31.7 Å². The summed E-state index contributed by atoms with van der Waals surface area (Å²) in [5.41, 5.74) is 1.88. The van der Waals surface area contributed by atoms with Gasteiger partial charge in [0.15, 0.2) is 0 Å². The van der Waals surface area contributed by atoms with Crippen molar-refractivity contribution in [1.82, 2.24) is 4.31 Å². The van der Waals surface area contributed by atoms with Crippen LogP contribution in [0.5, 0.6) is 0 Å². The smallest absolute Gasteiger partial charge is 0.255 e. The van der Waals surface area contributed by atoms with E-state index in [1.807, 2.05) is 19.1 Å². The summed E-state index contributed by atoms with van der Waals surface area (Å²) in [6.45, 7) is 2.96. The van der Waals surface area contributed by atoms with Crippen LogP contribution in [-0.2, 0) is 10.0 Å². The lowest BCUT2D eigenvalue weighted by Crippen LogP contribution is -2.35. The highest BCUT2D eigenvalue weighted by Gasteiger charge is 2.26. The predicted molar refractivity (Wildman–Crippen MR) is 111 cm³/mol. The lowest BCUT2D eigenvalue weighted by Gasteiger charge is -2.26. The Balaban J connectivity index is 1.85. The highest BCUT2D eigenvalue weighted by Crippen LogP contribution is 2.25. The van der Waals surface area contributed by atoms with Crippen LogP contribution in [0.1, 0.15) is 35.2 Å². The van der Waals surface area contributed by atoms with Crippen LogP contribution in [0.2, 0.25) is 0 Å². The fraction of sp³-hybridized carbons (Fsp3) is 0.316. The number of amides is 1. The number of sulfonamides is 1. The number of aryl methyl sites for hydroxylation is 1. The molecule has 3 rings (SSSR count). The first kappa shape index (κ1) is 19.3. The SMILES string of the molecule is Cc1ccc(S(=O)(=O)N2CCCCC2)cc1NC(=O)c1ccc(I)cc1. The summed E-state index contributed by atoms with van der Waals surface area (Å²) >= 11 is 2.18. The van der Waals surface area contributed by atoms with E-state index < -0.39 is 10.0 Å². The number of nitrogens with zero attached hydrogens (tertiary/aromatic N) is 1. The molecule has 1 aliphatic rings. The van der Waals surface area contributed by atoms with Crippen molar-refractivity contribution in [1.29, 1.82) is 0 Å². The summed E-state index contributed by atoms with van der Waals surface area (Å²) in [5, 5.41) is 2.84. The van der Waals surface area contributed by atoms with Crippen molar-refractivity contribution in [3.8, 4) is 0 Å². The van der Waals surface area contributed by atoms with E-state index in [0.717, 1.165) is 28.4 Å². The number of carbonyl (C=O) groups excluding carboxylic acids is 1. The number of carbonyl (C=O) groups is 1. The molecular formula is C19H21IN2O3S. The third-order valence-electron chi connectivity index (χ3n) is 4.52. The fourth-order valence-electron chi connectivity index (χ4n) is 2.95. The number of hydrogen-bond donors (Lipinski definition) is 1. The Morgan fingerprint density at radius 3 is 2.35 bits per heavy atom. The van der Waals surface area contributed by atoms with Gasteiger partial charge in [-0.25, -0.2) is 8.42 Å². The molecule has 0 bridgehead atoms. The van der Waals surface area contributed by atoms with Crippen LogP contribution in [0.4, 0.5) is 5.69 Å². The molecule has 1 amide bonds. The second kappa shape index (κ2) is 8.06. The van der Waals surface area contributed by atoms with Crippen molar-refractivity contribution in [2.75, 3.05) is 18.4 Å². The fourth-order valence-corrected chi connectivity index (χ4v) is 4.85. The highest BCUT2D eigenvalue weighted by atomic mass is 127. The molecule has 0 atom stereocenters. The van der Waals surface area contributed by atoms with Crippen molar-refractivity contribution < 1.29 is 13.2 Å². The molecule has 1 saturated heterocycles. The molecule has 0 aromatic heterocycles. The Morgan fingerprint density at radius 1 is 1.04 bits per heavy atom. The van der Waals surface area contributed by atoms with E-state index in [4.69, 9.17) is 0 Å². The second-order valence-corrected chi connectivity index (χ2v) is 9.59. The number of piperidine rings is 1. The molecule has 7 heteroatoms. The minimum atomic E-state index is -3.53. The normalized spacial score (nSPS) is 15.6. The quantitative estimate of drug-likeness (QED) is 0.667. The van der Waals surface area contributed by atoms with Gasteiger partial charge in [-0.3, -0.25) is 4.79 Å². The molecule has 1 aliphatic heterocycles. The van der Waals surface area contributed by atoms with Gasteiger partial charge in [0.05, 0.1) is 4.90 Å². The van der Waals surface area contributed by atoms with Gasteiger partial charge in [0.2, 0.25) is 10.0 Å². The minimum absolute atomic E-state index is 0.225. The first-order chi connectivity index (χ1) is 12.4. The number of anilines is 1. The van der Waals surface area contributed by atoms with Gasteiger partial charge in [-0.1, -0.05) is 12.5 Å². The summed E-state index contributed by atoms with van der Waals surface area (Å²) in [6.07, 6.45) is 2.85. The van der Waals surface area contributed by atoms with Crippen molar-refractivity contribution >= 4 is 44.2 Å². The zero-order valence-electron chi connectivity index (χ0n) is 14.5. The Bertz CT molecular complexity index is 905. The molecule has 1 N–H and O–H groups in total. The van der Waals surface area contributed by atoms with Crippen LogP contribution in [0.3, 0.4) is 0 Å². The summed E-state index contributed by atoms with van der Waals surface area (Å²) in [6, 6.07) is 12.1. The van der Waals surface area contributed by atoms with Crippen molar-refractivity contribution in [2.24, 2.45) is 0 Å². The van der Waals surface area contributed by atoms with Gasteiger partial charge < -0.3 is 5.32 Å². The molecule has 2 aromatic rings. The number of benzene rings is 2. The molecule has 1 fully saturated rings. The maximum Gasteiger partial charge on any atom is 0.255 e. The number of rotatable bonds is 4. The molecule has 0 aliphatic carbocycles. The van der Waals surface area contributed by atoms with E-state index in [0.29, 0.717) is 24.3 Å². The Kier molecular flexibility index (Phi) is 5.99. The number of halogens is 1. The van der Waals surface area contributed by atoms with Gasteiger partial charge in [0.1, 0.15) is 0 Å². The summed E-state index contributed by atoms with van der Waals surface area (Å²) in [4.78, 5) is 12.7. The van der Waals surface area contributed by atoms with Crippen LogP contribution < -0.4 is 5.32 Å². The first-order valence-corrected chi connectivity index (χ1v) is 11.1. The number of hydrogen-bond acceptors (Lipinski definition) is 3. The first-order valence-electron chi connectivity index (χ1n) is 8.55. The van der Waals surface area contributed by atoms with Crippen LogP contribution in [0.15, 0.2) is 47.4 Å². The summed E-state index contributed by atoms with van der Waals surface area (Å²) < 4.78 is 28.3. The highest BCUT2D eigenvalue weighted by molar-refractivity contribution is 14.1. The predicted octanol–water partition coefficient (Wildman–Crippen LogP) is 4.03. The molecule has 2 aromatic carbocycles. The lowest BCUT2D eigenvalue weighted by molar-refractivity contribution is 0.102. The van der Waals surface area contributed by atoms with E-state index in [9.17, 15) is 13.2 Å². The molecule has 0 saturated carbocycles. The van der Waals surface area contributed by atoms with Gasteiger partial charge >= 0.3 is 0 Å². The van der Waals surface area contributed by atoms with Crippen molar-refractivity contribution in [2.45, 2.75) is 31.1 Å². The topological polar surface area (TPSA) is 66.5 Å². The second-order valence-electron chi connectivity index (χ2n) is 6.40. The lowest BCUT2D eigenvalue weighted by atomic mass is 10.1. The standard InChI is InChI=1S/C19H21IN2O3S/c1-14-5-10-17(26(24,25)22-11-3-2-4-12-22)13-18(14)21-19(23)15-6-8-16(20)9-7-15/h5-10,13H,2-4,11-12H2,1H3,(H,21,23). The zero-order valence-corrected chi connectivity index (χ0v) is 17.5. The van der Waals surface area contributed by atoms with Gasteiger partial charge in [0, 0.05) is 27.9 Å². The maximum absolute atomic E-state index is 12.9. The average Bonchev–Trinajstić information content (AvgIpc) is 2.64. The van der Waals surface area contributed by atoms with Crippen LogP contribution >= 0.6 is 22.6 Å². The summed E-state index contributed by atoms with van der Waals surface area (Å²) in [7, 11) is -3.53. The van der Waals surface area contributed by atoms with Crippen molar-refractivity contribution in [3.63, 3.8) is 0 Å². The van der Waals surface area contributed by atoms with E-state index in [2.05, 4.69) is 27.9 Å². The van der Waals surface area contributed by atoms with E-state index in [1.54, 1.807) is 30.3 Å². The molecule has 0 spiro atoms. The molecule has 26 heavy (non-hydrogen) atoms. The number of nitrogens with one attached hydrogen (secondary N) is 1. The largest absolute Gasteiger partial charge is 0.322 e. The zero-order chi connectivity index (χ0) is 18.7. The monoisotopic (exact) mass is 484 g/mol. The molecule has 138 valence electrons. The van der Waals surface area contributed by atoms with E-state index in [-0.39, 0.29) is 10.8 Å². The Morgan fingerprint density at radius 2 is 1.69 bits per heavy atom. The van der Waals surface area contributed by atoms with Crippen molar-refractivity contribution in [3.05, 3.63) is 57.2 Å². The Labute approximate surface area is 168 Å². The summed E-state index contributed by atoms with van der Waals surface area (Å²) in [5.74, 6) is -0.253. The van der Waals surface area contributed by atoms with E-state index >= 15 is 0 Å². The molecule has 1 heterocycles. The van der Waals surface area contributed by atoms with Crippen LogP contribution in [0, 0.1) is 10.5 Å². The third-order valence-corrected chi connectivity index (χ3v) is 7.13. The maximum atomic E-state index is 12.9. The molecular weight excluding hydrogens is 463 g/mol. The molecule has 5 nitrogen and oxygen atoms in total. The minimum Gasteiger partial charge on any atom is -0.322 e. The Hall–Kier alpha value is -1.45. The van der Waals surface area contributed by atoms with Gasteiger partial charge in [-0.2, -0.15) is 4.31 Å². The van der Waals surface area contributed by atoms with E-state index in [1.165, 1.54) is 4.31 Å². The molecule has 0 radical (unpaired) electrons. The molecule has 0 unspecified atom stereocenters. The van der Waals surface area contributed by atoms with Gasteiger partial charge in [-0.15, -0.1) is 0 Å². The van der Waals surface area contributed by atoms with Crippen LogP contribution in [0.25, 0.3) is 0 Å².